The third-order valence-electron chi connectivity index (χ3n) is 0.1000. The van der Waals surface area contributed by atoms with Crippen LogP contribution in [0.2, 0.25) is 0 Å². The number of rotatable bonds is 1. The van der Waals surface area contributed by atoms with Gasteiger partial charge < -0.3 is 35.5 Å². The van der Waals surface area contributed by atoms with Crippen LogP contribution in [0.1, 0.15) is 0 Å². The van der Waals surface area contributed by atoms with E-state index in [9.17, 15) is 0 Å². The van der Waals surface area contributed by atoms with Crippen molar-refractivity contribution in [2.24, 2.45) is 0 Å². The zero-order valence-electron chi connectivity index (χ0n) is 5.02. The number of hydrogen-bond acceptors (Lipinski definition) is 6. The molecule has 0 saturated carbocycles. The second-order valence-corrected chi connectivity index (χ2v) is 0.995. The number of hydrogen-bond donors (Lipinski definition) is 2. The summed E-state index contributed by atoms with van der Waals surface area (Å²) in [5.74, 6) is 0. The summed E-state index contributed by atoms with van der Waals surface area (Å²) in [6.07, 6.45) is 0. The molecular formula is C4H6N2O2S2-2. The quantitative estimate of drug-likeness (QED) is 0.395. The Morgan fingerprint density at radius 2 is 1.10 bits per heavy atom. The van der Waals surface area contributed by atoms with Crippen molar-refractivity contribution in [3.8, 4) is 10.8 Å². The number of nitrogens with zero attached hydrogens (tertiary/aromatic N) is 2. The monoisotopic (exact) mass is 178 g/mol. The van der Waals surface area contributed by atoms with Gasteiger partial charge in [-0.15, -0.1) is 0 Å². The number of aliphatic hydroxyl groups excluding tert-OH is 2. The SMILES string of the molecule is N#C[S-].N#C[S-].OCCO. The number of nitriles is 2. The Balaban J connectivity index is -0.0000000750. The third kappa shape index (κ3) is 2550. The lowest BCUT2D eigenvalue weighted by Gasteiger charge is -1.70. The van der Waals surface area contributed by atoms with Gasteiger partial charge in [0.2, 0.25) is 0 Å². The highest BCUT2D eigenvalue weighted by atomic mass is 32.1. The minimum absolute atomic E-state index is 0.125. The van der Waals surface area contributed by atoms with E-state index in [0.717, 1.165) is 0 Å². The third-order valence-corrected chi connectivity index (χ3v) is 0.1000. The minimum atomic E-state index is -0.125. The molecule has 0 saturated heterocycles. The topological polar surface area (TPSA) is 88.0 Å². The van der Waals surface area contributed by atoms with E-state index in [0.29, 0.717) is 0 Å². The van der Waals surface area contributed by atoms with Gasteiger partial charge in [-0.1, -0.05) is 10.8 Å². The zero-order valence-corrected chi connectivity index (χ0v) is 6.65. The Labute approximate surface area is 70.5 Å². The van der Waals surface area contributed by atoms with Gasteiger partial charge in [-0.2, -0.15) is 0 Å². The first-order valence-electron chi connectivity index (χ1n) is 1.99. The predicted molar refractivity (Wildman–Crippen MR) is 40.1 cm³/mol. The van der Waals surface area contributed by atoms with Crippen molar-refractivity contribution in [2.75, 3.05) is 13.2 Å². The molecule has 0 aromatic rings. The van der Waals surface area contributed by atoms with Gasteiger partial charge >= 0.3 is 0 Å². The fourth-order valence-corrected chi connectivity index (χ4v) is 0. The molecule has 0 bridgehead atoms. The molecule has 2 N–H and O–H groups in total. The summed E-state index contributed by atoms with van der Waals surface area (Å²) < 4.78 is 0. The molecule has 58 valence electrons. The van der Waals surface area contributed by atoms with Crippen molar-refractivity contribution in [3.05, 3.63) is 0 Å². The molecule has 0 aliphatic heterocycles. The van der Waals surface area contributed by atoms with E-state index in [1.54, 1.807) is 0 Å². The highest BCUT2D eigenvalue weighted by Gasteiger charge is 1.58. The second kappa shape index (κ2) is 40.3. The standard InChI is InChI=1S/C2H6O2.2CHNS/c3-1-2-4;2*2-1-3/h3-4H,1-2H2;2*3H/p-2. The molecule has 0 fully saturated rings. The normalized spacial score (nSPS) is 4.40. The van der Waals surface area contributed by atoms with Gasteiger partial charge in [0.15, 0.2) is 0 Å². The smallest absolute Gasteiger partial charge is 0.0662 e. The molecule has 0 aromatic carbocycles. The maximum Gasteiger partial charge on any atom is 0.0662 e. The summed E-state index contributed by atoms with van der Waals surface area (Å²) in [6, 6.07) is 0. The maximum atomic E-state index is 7.62. The van der Waals surface area contributed by atoms with Gasteiger partial charge in [-0.3, -0.25) is 0 Å². The summed E-state index contributed by atoms with van der Waals surface area (Å²) in [5.41, 5.74) is 0. The Hall–Kier alpha value is -0.660. The van der Waals surface area contributed by atoms with Crippen LogP contribution in [0.15, 0.2) is 0 Å². The highest BCUT2D eigenvalue weighted by molar-refractivity contribution is 7.64. The largest absolute Gasteiger partial charge is 0.696 e. The first-order valence-corrected chi connectivity index (χ1v) is 2.80. The predicted octanol–water partition coefficient (Wildman–Crippen LogP) is -1.00. The Kier molecular flexibility index (Phi) is 65.1. The van der Waals surface area contributed by atoms with Crippen molar-refractivity contribution >= 4 is 25.3 Å². The van der Waals surface area contributed by atoms with Crippen LogP contribution in [-0.4, -0.2) is 23.4 Å². The van der Waals surface area contributed by atoms with Crippen LogP contribution in [0.5, 0.6) is 0 Å². The van der Waals surface area contributed by atoms with E-state index < -0.39 is 0 Å². The van der Waals surface area contributed by atoms with Gasteiger partial charge in [-0.05, 0) is 0 Å². The highest BCUT2D eigenvalue weighted by Crippen LogP contribution is 1.39. The molecule has 0 atom stereocenters. The maximum absolute atomic E-state index is 7.62. The molecule has 0 radical (unpaired) electrons. The summed E-state index contributed by atoms with van der Waals surface area (Å²) in [4.78, 5) is 0. The Morgan fingerprint density at radius 1 is 1.00 bits per heavy atom. The fraction of sp³-hybridized carbons (Fsp3) is 0.500. The molecule has 0 rings (SSSR count). The summed E-state index contributed by atoms with van der Waals surface area (Å²) in [7, 11) is 0. The number of aliphatic hydroxyl groups is 2. The lowest BCUT2D eigenvalue weighted by atomic mass is 10.8. The molecule has 0 aliphatic carbocycles. The summed E-state index contributed by atoms with van der Waals surface area (Å²) in [5, 5.41) is 32.2. The Morgan fingerprint density at radius 3 is 1.10 bits per heavy atom. The summed E-state index contributed by atoms with van der Waals surface area (Å²) >= 11 is 7.40. The zero-order chi connectivity index (χ0) is 8.83. The Bertz CT molecular complexity index is 92.8. The second-order valence-electron chi connectivity index (χ2n) is 0.630. The van der Waals surface area contributed by atoms with E-state index in [4.69, 9.17) is 20.7 Å². The van der Waals surface area contributed by atoms with Gasteiger partial charge in [0, 0.05) is 0 Å². The van der Waals surface area contributed by atoms with Crippen LogP contribution in [0.25, 0.3) is 0 Å². The van der Waals surface area contributed by atoms with Crippen molar-refractivity contribution < 1.29 is 10.2 Å². The van der Waals surface area contributed by atoms with E-state index >= 15 is 0 Å². The fourth-order valence-electron chi connectivity index (χ4n) is 0. The molecule has 0 amide bonds. The van der Waals surface area contributed by atoms with Crippen molar-refractivity contribution in [1.82, 2.24) is 0 Å². The molecule has 0 unspecified atom stereocenters. The van der Waals surface area contributed by atoms with E-state index in [2.05, 4.69) is 25.3 Å². The summed E-state index contributed by atoms with van der Waals surface area (Å²) in [6.45, 7) is -0.250. The first-order chi connectivity index (χ1) is 4.74. The van der Waals surface area contributed by atoms with Crippen molar-refractivity contribution in [1.29, 1.82) is 10.5 Å². The number of thiocyanates is 2. The molecular weight excluding hydrogens is 172 g/mol. The average molecular weight is 178 g/mol. The van der Waals surface area contributed by atoms with E-state index in [1.807, 2.05) is 0 Å². The molecule has 0 spiro atoms. The van der Waals surface area contributed by atoms with Crippen molar-refractivity contribution in [2.45, 2.75) is 0 Å². The minimum Gasteiger partial charge on any atom is -0.696 e. The molecule has 6 heteroatoms. The first kappa shape index (κ1) is 16.2. The van der Waals surface area contributed by atoms with Crippen LogP contribution in [-0.2, 0) is 25.3 Å². The lowest BCUT2D eigenvalue weighted by Crippen LogP contribution is -1.85. The van der Waals surface area contributed by atoms with Gasteiger partial charge in [-0.25, -0.2) is 10.5 Å². The van der Waals surface area contributed by atoms with Gasteiger partial charge in [0.25, 0.3) is 0 Å². The van der Waals surface area contributed by atoms with Crippen molar-refractivity contribution in [3.63, 3.8) is 0 Å². The molecule has 0 aliphatic rings. The average Bonchev–Trinajstić information content (AvgIpc) is 1.91. The molecule has 0 aromatic heterocycles. The van der Waals surface area contributed by atoms with Gasteiger partial charge in [0.1, 0.15) is 0 Å². The van der Waals surface area contributed by atoms with Crippen LogP contribution in [0.3, 0.4) is 0 Å². The molecule has 10 heavy (non-hydrogen) atoms. The van der Waals surface area contributed by atoms with Crippen LogP contribution >= 0.6 is 0 Å². The molecule has 4 nitrogen and oxygen atoms in total. The van der Waals surface area contributed by atoms with Crippen LogP contribution in [0.4, 0.5) is 0 Å². The lowest BCUT2D eigenvalue weighted by molar-refractivity contribution is 0.186. The molecule has 0 heterocycles. The van der Waals surface area contributed by atoms with E-state index in [-0.39, 0.29) is 13.2 Å². The van der Waals surface area contributed by atoms with Gasteiger partial charge in [0.05, 0.1) is 13.2 Å². The van der Waals surface area contributed by atoms with Crippen LogP contribution < -0.4 is 0 Å². The van der Waals surface area contributed by atoms with E-state index in [1.165, 1.54) is 10.8 Å². The van der Waals surface area contributed by atoms with Crippen LogP contribution in [0, 0.1) is 21.3 Å².